The molecule has 2 heterocycles. The Morgan fingerprint density at radius 3 is 2.19 bits per heavy atom. The van der Waals surface area contributed by atoms with Gasteiger partial charge in [-0.05, 0) is 12.1 Å². The van der Waals surface area contributed by atoms with Crippen molar-refractivity contribution in [1.82, 2.24) is 9.13 Å². The Bertz CT molecular complexity index is 1210. The third-order valence-electron chi connectivity index (χ3n) is 5.10. The molecule has 1 N–H and O–H groups in total. The standard InChI is InChI=1S/C21H17N3O2/c1-23-17-10-6-4-8-14(17)19(18(23)11-22)21(26)20-15(12-25)13-7-3-5-9-16(13)24(20)2/h3-10,12,21,26H,1-2H3. The summed E-state index contributed by atoms with van der Waals surface area (Å²) >= 11 is 0. The second-order valence-electron chi connectivity index (χ2n) is 6.35. The van der Waals surface area contributed by atoms with Crippen molar-refractivity contribution in [3.63, 3.8) is 0 Å². The molecule has 5 nitrogen and oxygen atoms in total. The van der Waals surface area contributed by atoms with Gasteiger partial charge in [-0.25, -0.2) is 0 Å². The minimum Gasteiger partial charge on any atom is -0.382 e. The molecule has 0 aliphatic carbocycles. The zero-order chi connectivity index (χ0) is 18.4. The summed E-state index contributed by atoms with van der Waals surface area (Å²) in [5.74, 6) is 0. The van der Waals surface area contributed by atoms with Gasteiger partial charge in [0, 0.05) is 47.0 Å². The summed E-state index contributed by atoms with van der Waals surface area (Å²) in [5.41, 5.74) is 3.59. The molecule has 1 atom stereocenters. The predicted octanol–water partition coefficient (Wildman–Crippen LogP) is 3.44. The van der Waals surface area contributed by atoms with E-state index < -0.39 is 6.10 Å². The van der Waals surface area contributed by atoms with Gasteiger partial charge in [-0.15, -0.1) is 0 Å². The van der Waals surface area contributed by atoms with Crippen molar-refractivity contribution in [3.8, 4) is 6.07 Å². The normalized spacial score (nSPS) is 12.4. The molecule has 26 heavy (non-hydrogen) atoms. The van der Waals surface area contributed by atoms with Crippen molar-refractivity contribution in [2.45, 2.75) is 6.10 Å². The maximum atomic E-state index is 11.8. The fourth-order valence-corrected chi connectivity index (χ4v) is 3.87. The molecule has 0 spiro atoms. The Labute approximate surface area is 150 Å². The molecule has 0 radical (unpaired) electrons. The Hall–Kier alpha value is -3.36. The summed E-state index contributed by atoms with van der Waals surface area (Å²) < 4.78 is 3.60. The van der Waals surface area contributed by atoms with Gasteiger partial charge in [-0.1, -0.05) is 36.4 Å². The molecular weight excluding hydrogens is 326 g/mol. The molecule has 0 saturated heterocycles. The van der Waals surface area contributed by atoms with Gasteiger partial charge in [0.2, 0.25) is 0 Å². The summed E-state index contributed by atoms with van der Waals surface area (Å²) in [5, 5.41) is 22.5. The second-order valence-corrected chi connectivity index (χ2v) is 6.35. The summed E-state index contributed by atoms with van der Waals surface area (Å²) in [6.07, 6.45) is -0.314. The van der Waals surface area contributed by atoms with E-state index in [1.54, 1.807) is 11.6 Å². The number of para-hydroxylation sites is 2. The van der Waals surface area contributed by atoms with Crippen LogP contribution in [0.15, 0.2) is 48.5 Å². The first kappa shape index (κ1) is 16.1. The monoisotopic (exact) mass is 343 g/mol. The summed E-state index contributed by atoms with van der Waals surface area (Å²) in [6, 6.07) is 17.3. The highest BCUT2D eigenvalue weighted by atomic mass is 16.3. The average molecular weight is 343 g/mol. The van der Waals surface area contributed by atoms with Gasteiger partial charge >= 0.3 is 0 Å². The molecule has 2 aromatic carbocycles. The van der Waals surface area contributed by atoms with Crippen LogP contribution in [-0.2, 0) is 14.1 Å². The third kappa shape index (κ3) is 2.03. The third-order valence-corrected chi connectivity index (χ3v) is 5.10. The van der Waals surface area contributed by atoms with E-state index in [1.165, 1.54) is 0 Å². The highest BCUT2D eigenvalue weighted by Gasteiger charge is 2.28. The number of aliphatic hydroxyl groups excluding tert-OH is 1. The first-order chi connectivity index (χ1) is 12.6. The number of aliphatic hydroxyl groups is 1. The van der Waals surface area contributed by atoms with Crippen LogP contribution in [0.5, 0.6) is 0 Å². The van der Waals surface area contributed by atoms with E-state index in [4.69, 9.17) is 0 Å². The lowest BCUT2D eigenvalue weighted by molar-refractivity contribution is 0.111. The van der Waals surface area contributed by atoms with Crippen LogP contribution in [0.4, 0.5) is 0 Å². The van der Waals surface area contributed by atoms with Crippen molar-refractivity contribution < 1.29 is 9.90 Å². The maximum Gasteiger partial charge on any atom is 0.152 e. The highest BCUT2D eigenvalue weighted by Crippen LogP contribution is 2.37. The highest BCUT2D eigenvalue weighted by molar-refractivity contribution is 6.00. The first-order valence-electron chi connectivity index (χ1n) is 8.28. The van der Waals surface area contributed by atoms with Crippen LogP contribution in [-0.4, -0.2) is 20.5 Å². The zero-order valence-electron chi connectivity index (χ0n) is 14.5. The number of nitrogens with zero attached hydrogens (tertiary/aromatic N) is 3. The molecule has 4 rings (SSSR count). The molecule has 1 unspecified atom stereocenters. The molecule has 128 valence electrons. The zero-order valence-corrected chi connectivity index (χ0v) is 14.5. The van der Waals surface area contributed by atoms with E-state index in [1.807, 2.05) is 60.1 Å². The average Bonchev–Trinajstić information content (AvgIpc) is 3.13. The van der Waals surface area contributed by atoms with Gasteiger partial charge in [-0.2, -0.15) is 5.26 Å². The molecule has 0 aliphatic heterocycles. The largest absolute Gasteiger partial charge is 0.382 e. The van der Waals surface area contributed by atoms with E-state index in [-0.39, 0.29) is 0 Å². The maximum absolute atomic E-state index is 11.8. The molecule has 5 heteroatoms. The van der Waals surface area contributed by atoms with Crippen molar-refractivity contribution in [3.05, 3.63) is 71.0 Å². The van der Waals surface area contributed by atoms with Crippen LogP contribution in [0.3, 0.4) is 0 Å². The number of rotatable bonds is 3. The van der Waals surface area contributed by atoms with Gasteiger partial charge < -0.3 is 14.2 Å². The van der Waals surface area contributed by atoms with Crippen LogP contribution in [0.2, 0.25) is 0 Å². The number of hydrogen-bond acceptors (Lipinski definition) is 3. The quantitative estimate of drug-likeness (QED) is 0.579. The minimum atomic E-state index is -1.09. The SMILES string of the molecule is Cn1c(C#N)c(C(O)c2c(C=O)c3ccccc3n2C)c2ccccc21. The summed E-state index contributed by atoms with van der Waals surface area (Å²) in [6.45, 7) is 0. The molecule has 0 saturated carbocycles. The smallest absolute Gasteiger partial charge is 0.152 e. The Balaban J connectivity index is 2.07. The van der Waals surface area contributed by atoms with E-state index in [2.05, 4.69) is 6.07 Å². The molecule has 0 fully saturated rings. The molecule has 0 aliphatic rings. The number of benzene rings is 2. The second kappa shape index (κ2) is 5.87. The number of fused-ring (bicyclic) bond motifs is 2. The van der Waals surface area contributed by atoms with Gasteiger partial charge in [0.25, 0.3) is 0 Å². The number of aldehydes is 1. The number of aryl methyl sites for hydroxylation is 2. The Morgan fingerprint density at radius 1 is 1.00 bits per heavy atom. The van der Waals surface area contributed by atoms with Gasteiger partial charge in [0.15, 0.2) is 6.29 Å². The Morgan fingerprint density at radius 2 is 1.58 bits per heavy atom. The Kier molecular flexibility index (Phi) is 3.64. The van der Waals surface area contributed by atoms with Crippen LogP contribution in [0.1, 0.15) is 33.4 Å². The predicted molar refractivity (Wildman–Crippen MR) is 100 cm³/mol. The molecular formula is C21H17N3O2. The van der Waals surface area contributed by atoms with Gasteiger partial charge in [-0.3, -0.25) is 4.79 Å². The lowest BCUT2D eigenvalue weighted by atomic mass is 9.99. The van der Waals surface area contributed by atoms with E-state index in [9.17, 15) is 15.2 Å². The van der Waals surface area contributed by atoms with Crippen LogP contribution in [0.25, 0.3) is 21.8 Å². The number of carbonyl (C=O) groups excluding carboxylic acids is 1. The summed E-state index contributed by atoms with van der Waals surface area (Å²) in [4.78, 5) is 11.8. The van der Waals surface area contributed by atoms with Crippen LogP contribution < -0.4 is 0 Å². The topological polar surface area (TPSA) is 71.0 Å². The fourth-order valence-electron chi connectivity index (χ4n) is 3.87. The van der Waals surface area contributed by atoms with Crippen molar-refractivity contribution in [2.24, 2.45) is 14.1 Å². The minimum absolute atomic E-state index is 0.390. The van der Waals surface area contributed by atoms with E-state index in [0.717, 1.165) is 28.1 Å². The lowest BCUT2D eigenvalue weighted by Gasteiger charge is -2.14. The van der Waals surface area contributed by atoms with Crippen molar-refractivity contribution >= 4 is 28.1 Å². The number of hydrogen-bond donors (Lipinski definition) is 1. The van der Waals surface area contributed by atoms with E-state index >= 15 is 0 Å². The van der Waals surface area contributed by atoms with Gasteiger partial charge in [0.05, 0.1) is 5.69 Å². The number of aromatic nitrogens is 2. The van der Waals surface area contributed by atoms with Crippen molar-refractivity contribution in [2.75, 3.05) is 0 Å². The van der Waals surface area contributed by atoms with E-state index in [0.29, 0.717) is 22.5 Å². The summed E-state index contributed by atoms with van der Waals surface area (Å²) in [7, 11) is 3.63. The molecule has 4 aromatic rings. The van der Waals surface area contributed by atoms with Gasteiger partial charge in [0.1, 0.15) is 17.9 Å². The van der Waals surface area contributed by atoms with Crippen LogP contribution in [0, 0.1) is 11.3 Å². The number of nitriles is 1. The molecule has 0 amide bonds. The molecule has 0 bridgehead atoms. The first-order valence-corrected chi connectivity index (χ1v) is 8.28. The fraction of sp³-hybridized carbons (Fsp3) is 0.143. The number of carbonyl (C=O) groups is 1. The van der Waals surface area contributed by atoms with Crippen LogP contribution >= 0.6 is 0 Å². The molecule has 2 aromatic heterocycles. The van der Waals surface area contributed by atoms with Crippen molar-refractivity contribution in [1.29, 1.82) is 5.26 Å². The lowest BCUT2D eigenvalue weighted by Crippen LogP contribution is -2.09.